The van der Waals surface area contributed by atoms with Crippen molar-refractivity contribution in [2.75, 3.05) is 13.7 Å². The van der Waals surface area contributed by atoms with Crippen molar-refractivity contribution in [1.82, 2.24) is 5.32 Å². The van der Waals surface area contributed by atoms with Crippen LogP contribution in [0.15, 0.2) is 48.5 Å². The number of ether oxygens (including phenoxy) is 1. The van der Waals surface area contributed by atoms with Gasteiger partial charge in [0.05, 0.1) is 6.61 Å². The maximum atomic E-state index is 5.60. The Labute approximate surface area is 115 Å². The first-order valence-electron chi connectivity index (χ1n) is 6.80. The molecule has 0 aliphatic rings. The second-order valence-electron chi connectivity index (χ2n) is 4.60. The Hall–Kier alpha value is -1.80. The fraction of sp³-hybridized carbons (Fsp3) is 0.294. The SMILES string of the molecule is CCCOc1ccc(-c2cccc(CNC)c2)cc1. The van der Waals surface area contributed by atoms with Gasteiger partial charge >= 0.3 is 0 Å². The highest BCUT2D eigenvalue weighted by molar-refractivity contribution is 5.64. The van der Waals surface area contributed by atoms with Gasteiger partial charge in [0.1, 0.15) is 5.75 Å². The Kier molecular flexibility index (Phi) is 4.99. The van der Waals surface area contributed by atoms with Gasteiger partial charge in [0.2, 0.25) is 0 Å². The summed E-state index contributed by atoms with van der Waals surface area (Å²) in [5.74, 6) is 0.942. The third kappa shape index (κ3) is 3.83. The van der Waals surface area contributed by atoms with Crippen LogP contribution in [0.5, 0.6) is 5.75 Å². The highest BCUT2D eigenvalue weighted by atomic mass is 16.5. The normalized spacial score (nSPS) is 10.4. The molecule has 0 aliphatic heterocycles. The van der Waals surface area contributed by atoms with Gasteiger partial charge in [-0.15, -0.1) is 0 Å². The first-order chi connectivity index (χ1) is 9.33. The number of hydrogen-bond acceptors (Lipinski definition) is 2. The Bertz CT molecular complexity index is 505. The molecule has 1 N–H and O–H groups in total. The lowest BCUT2D eigenvalue weighted by atomic mass is 10.0. The molecule has 100 valence electrons. The molecule has 0 fully saturated rings. The van der Waals surface area contributed by atoms with Crippen LogP contribution in [0.25, 0.3) is 11.1 Å². The van der Waals surface area contributed by atoms with Gasteiger partial charge in [-0.1, -0.05) is 37.3 Å². The van der Waals surface area contributed by atoms with E-state index in [4.69, 9.17) is 4.74 Å². The van der Waals surface area contributed by atoms with Crippen molar-refractivity contribution in [3.8, 4) is 16.9 Å². The molecule has 0 unspecified atom stereocenters. The lowest BCUT2D eigenvalue weighted by Gasteiger charge is -2.07. The maximum Gasteiger partial charge on any atom is 0.119 e. The summed E-state index contributed by atoms with van der Waals surface area (Å²) in [4.78, 5) is 0. The minimum absolute atomic E-state index is 0.775. The fourth-order valence-electron chi connectivity index (χ4n) is 2.03. The summed E-state index contributed by atoms with van der Waals surface area (Å²) in [7, 11) is 1.96. The lowest BCUT2D eigenvalue weighted by molar-refractivity contribution is 0.317. The van der Waals surface area contributed by atoms with E-state index >= 15 is 0 Å². The molecule has 0 radical (unpaired) electrons. The minimum atomic E-state index is 0.775. The van der Waals surface area contributed by atoms with E-state index < -0.39 is 0 Å². The molecule has 2 heteroatoms. The Balaban J connectivity index is 2.14. The number of hydrogen-bond donors (Lipinski definition) is 1. The molecule has 2 aromatic carbocycles. The summed E-state index contributed by atoms with van der Waals surface area (Å²) in [6.45, 7) is 3.78. The van der Waals surface area contributed by atoms with E-state index in [2.05, 4.69) is 48.6 Å². The molecule has 2 nitrogen and oxygen atoms in total. The Morgan fingerprint density at radius 3 is 2.47 bits per heavy atom. The molecule has 0 saturated heterocycles. The van der Waals surface area contributed by atoms with Crippen molar-refractivity contribution in [3.63, 3.8) is 0 Å². The van der Waals surface area contributed by atoms with Crippen molar-refractivity contribution in [2.24, 2.45) is 0 Å². The molecule has 0 heterocycles. The average molecular weight is 255 g/mol. The summed E-state index contributed by atoms with van der Waals surface area (Å²) < 4.78 is 5.60. The minimum Gasteiger partial charge on any atom is -0.494 e. The summed E-state index contributed by atoms with van der Waals surface area (Å²) in [6.07, 6.45) is 1.04. The Morgan fingerprint density at radius 2 is 1.79 bits per heavy atom. The lowest BCUT2D eigenvalue weighted by Crippen LogP contribution is -2.04. The van der Waals surface area contributed by atoms with Crippen LogP contribution < -0.4 is 10.1 Å². The quantitative estimate of drug-likeness (QED) is 0.846. The van der Waals surface area contributed by atoms with Crippen LogP contribution in [0.2, 0.25) is 0 Å². The molecule has 0 atom stereocenters. The van der Waals surface area contributed by atoms with Crippen molar-refractivity contribution >= 4 is 0 Å². The smallest absolute Gasteiger partial charge is 0.119 e. The van der Waals surface area contributed by atoms with Crippen LogP contribution in [0, 0.1) is 0 Å². The van der Waals surface area contributed by atoms with E-state index in [1.165, 1.54) is 16.7 Å². The third-order valence-corrected chi connectivity index (χ3v) is 2.97. The molecule has 0 aromatic heterocycles. The highest BCUT2D eigenvalue weighted by Gasteiger charge is 2.00. The van der Waals surface area contributed by atoms with E-state index in [1.807, 2.05) is 19.2 Å². The van der Waals surface area contributed by atoms with Crippen LogP contribution in [0.3, 0.4) is 0 Å². The van der Waals surface area contributed by atoms with Crippen LogP contribution >= 0.6 is 0 Å². The topological polar surface area (TPSA) is 21.3 Å². The summed E-state index contributed by atoms with van der Waals surface area (Å²) >= 11 is 0. The third-order valence-electron chi connectivity index (χ3n) is 2.97. The second-order valence-corrected chi connectivity index (χ2v) is 4.60. The van der Waals surface area contributed by atoms with Gasteiger partial charge in [-0.3, -0.25) is 0 Å². The van der Waals surface area contributed by atoms with E-state index in [1.54, 1.807) is 0 Å². The standard InChI is InChI=1S/C17H21NO/c1-3-11-19-17-9-7-15(8-10-17)16-6-4-5-14(12-16)13-18-2/h4-10,12,18H,3,11,13H2,1-2H3. The average Bonchev–Trinajstić information content (AvgIpc) is 2.46. The van der Waals surface area contributed by atoms with Crippen molar-refractivity contribution in [2.45, 2.75) is 19.9 Å². The van der Waals surface area contributed by atoms with Crippen molar-refractivity contribution < 1.29 is 4.74 Å². The van der Waals surface area contributed by atoms with Gasteiger partial charge in [0, 0.05) is 6.54 Å². The number of benzene rings is 2. The summed E-state index contributed by atoms with van der Waals surface area (Å²) in [5.41, 5.74) is 3.77. The summed E-state index contributed by atoms with van der Waals surface area (Å²) in [5, 5.41) is 3.17. The first-order valence-corrected chi connectivity index (χ1v) is 6.80. The molecule has 2 aromatic rings. The second kappa shape index (κ2) is 6.95. The van der Waals surface area contributed by atoms with Crippen molar-refractivity contribution in [1.29, 1.82) is 0 Å². The highest BCUT2D eigenvalue weighted by Crippen LogP contribution is 2.23. The molecule has 0 spiro atoms. The number of nitrogens with one attached hydrogen (secondary N) is 1. The zero-order valence-electron chi connectivity index (χ0n) is 11.6. The zero-order chi connectivity index (χ0) is 13.5. The molecular formula is C17H21NO. The fourth-order valence-corrected chi connectivity index (χ4v) is 2.03. The van der Waals surface area contributed by atoms with Gasteiger partial charge < -0.3 is 10.1 Å². The molecule has 0 aliphatic carbocycles. The van der Waals surface area contributed by atoms with E-state index in [-0.39, 0.29) is 0 Å². The number of rotatable bonds is 6. The van der Waals surface area contributed by atoms with E-state index in [0.717, 1.165) is 25.3 Å². The Morgan fingerprint density at radius 1 is 1.00 bits per heavy atom. The van der Waals surface area contributed by atoms with Crippen LogP contribution in [-0.4, -0.2) is 13.7 Å². The molecule has 2 rings (SSSR count). The zero-order valence-corrected chi connectivity index (χ0v) is 11.6. The molecule has 0 bridgehead atoms. The van der Waals surface area contributed by atoms with Gasteiger partial charge in [-0.25, -0.2) is 0 Å². The molecule has 0 amide bonds. The van der Waals surface area contributed by atoms with Gasteiger partial charge in [-0.2, -0.15) is 0 Å². The monoisotopic (exact) mass is 255 g/mol. The van der Waals surface area contributed by atoms with Gasteiger partial charge in [-0.05, 0) is 48.4 Å². The van der Waals surface area contributed by atoms with E-state index in [9.17, 15) is 0 Å². The van der Waals surface area contributed by atoms with Gasteiger partial charge in [0.25, 0.3) is 0 Å². The molecule has 19 heavy (non-hydrogen) atoms. The van der Waals surface area contributed by atoms with Crippen LogP contribution in [0.4, 0.5) is 0 Å². The predicted molar refractivity (Wildman–Crippen MR) is 80.4 cm³/mol. The first kappa shape index (κ1) is 13.6. The predicted octanol–water partition coefficient (Wildman–Crippen LogP) is 3.86. The largest absolute Gasteiger partial charge is 0.494 e. The maximum absolute atomic E-state index is 5.60. The van der Waals surface area contributed by atoms with E-state index in [0.29, 0.717) is 0 Å². The van der Waals surface area contributed by atoms with Crippen molar-refractivity contribution in [3.05, 3.63) is 54.1 Å². The molecule has 0 saturated carbocycles. The van der Waals surface area contributed by atoms with Crippen LogP contribution in [-0.2, 0) is 6.54 Å². The molecular weight excluding hydrogens is 234 g/mol. The summed E-state index contributed by atoms with van der Waals surface area (Å²) in [6, 6.07) is 16.9. The van der Waals surface area contributed by atoms with Gasteiger partial charge in [0.15, 0.2) is 0 Å². The van der Waals surface area contributed by atoms with Crippen LogP contribution in [0.1, 0.15) is 18.9 Å².